The number of nitrogens with two attached hydrogens (primary N) is 2. The van der Waals surface area contributed by atoms with E-state index < -0.39 is 10.0 Å². The van der Waals surface area contributed by atoms with Gasteiger partial charge in [-0.15, -0.1) is 0 Å². The van der Waals surface area contributed by atoms with E-state index >= 15 is 0 Å². The lowest BCUT2D eigenvalue weighted by Crippen LogP contribution is -2.22. The van der Waals surface area contributed by atoms with Crippen LogP contribution in [-0.4, -0.2) is 21.5 Å². The molecule has 2 rings (SSSR count). The van der Waals surface area contributed by atoms with Gasteiger partial charge in [0.05, 0.1) is 5.69 Å². The lowest BCUT2D eigenvalue weighted by molar-refractivity contribution is 0.423. The second-order valence-electron chi connectivity index (χ2n) is 5.51. The average Bonchev–Trinajstić information content (AvgIpc) is 2.76. The zero-order chi connectivity index (χ0) is 14.2. The number of anilines is 2. The molecule has 0 aliphatic carbocycles. The van der Waals surface area contributed by atoms with Crippen molar-refractivity contribution in [3.05, 3.63) is 18.2 Å². The second-order valence-corrected chi connectivity index (χ2v) is 7.04. The minimum atomic E-state index is -3.74. The SMILES string of the molecule is CC(C)C1CCN(c2ccc(S(N)(=O)=O)c(N)c2)C1. The first-order chi connectivity index (χ1) is 8.79. The van der Waals surface area contributed by atoms with Gasteiger partial charge in [0.25, 0.3) is 0 Å². The fraction of sp³-hybridized carbons (Fsp3) is 0.538. The maximum Gasteiger partial charge on any atom is 0.240 e. The molecule has 1 fully saturated rings. The van der Waals surface area contributed by atoms with E-state index in [1.165, 1.54) is 6.07 Å². The molecule has 0 saturated carbocycles. The van der Waals surface area contributed by atoms with Crippen molar-refractivity contribution in [1.82, 2.24) is 0 Å². The predicted molar refractivity (Wildman–Crippen MR) is 77.4 cm³/mol. The quantitative estimate of drug-likeness (QED) is 0.820. The summed E-state index contributed by atoms with van der Waals surface area (Å²) in [5.41, 5.74) is 6.97. The molecule has 1 aromatic rings. The molecule has 0 aromatic heterocycles. The summed E-state index contributed by atoms with van der Waals surface area (Å²) >= 11 is 0. The molecule has 0 radical (unpaired) electrons. The number of hydrogen-bond acceptors (Lipinski definition) is 4. The molecular formula is C13H21N3O2S. The minimum Gasteiger partial charge on any atom is -0.398 e. The minimum absolute atomic E-state index is 0.00384. The van der Waals surface area contributed by atoms with Gasteiger partial charge in [-0.2, -0.15) is 0 Å². The molecule has 1 unspecified atom stereocenters. The number of benzene rings is 1. The van der Waals surface area contributed by atoms with E-state index in [2.05, 4.69) is 18.7 Å². The summed E-state index contributed by atoms with van der Waals surface area (Å²) in [6.45, 7) is 6.43. The summed E-state index contributed by atoms with van der Waals surface area (Å²) in [6, 6.07) is 4.96. The third-order valence-corrected chi connectivity index (χ3v) is 4.82. The normalized spacial score (nSPS) is 20.2. The van der Waals surface area contributed by atoms with E-state index in [4.69, 9.17) is 10.9 Å². The highest BCUT2D eigenvalue weighted by Crippen LogP contribution is 2.30. The van der Waals surface area contributed by atoms with E-state index in [1.807, 2.05) is 0 Å². The molecule has 4 N–H and O–H groups in total. The van der Waals surface area contributed by atoms with Crippen molar-refractivity contribution >= 4 is 21.4 Å². The molecule has 106 valence electrons. The maximum atomic E-state index is 11.3. The van der Waals surface area contributed by atoms with Gasteiger partial charge in [-0.05, 0) is 36.5 Å². The number of sulfonamides is 1. The van der Waals surface area contributed by atoms with Crippen molar-refractivity contribution in [2.24, 2.45) is 17.0 Å². The molecule has 1 atom stereocenters. The van der Waals surface area contributed by atoms with Crippen LogP contribution in [0.4, 0.5) is 11.4 Å². The van der Waals surface area contributed by atoms with Crippen LogP contribution in [0, 0.1) is 11.8 Å². The molecule has 1 saturated heterocycles. The third kappa shape index (κ3) is 3.01. The topological polar surface area (TPSA) is 89.4 Å². The Balaban J connectivity index is 2.22. The average molecular weight is 283 g/mol. The van der Waals surface area contributed by atoms with Gasteiger partial charge in [0.15, 0.2) is 0 Å². The molecule has 0 amide bonds. The van der Waals surface area contributed by atoms with E-state index in [0.29, 0.717) is 11.8 Å². The van der Waals surface area contributed by atoms with Crippen LogP contribution in [0.5, 0.6) is 0 Å². The molecule has 5 nitrogen and oxygen atoms in total. The van der Waals surface area contributed by atoms with Crippen LogP contribution in [0.25, 0.3) is 0 Å². The summed E-state index contributed by atoms with van der Waals surface area (Å²) in [4.78, 5) is 2.24. The summed E-state index contributed by atoms with van der Waals surface area (Å²) in [7, 11) is -3.74. The Labute approximate surface area is 114 Å². The fourth-order valence-electron chi connectivity index (χ4n) is 2.56. The molecule has 1 aliphatic rings. The lowest BCUT2D eigenvalue weighted by Gasteiger charge is -2.21. The molecule has 1 heterocycles. The first-order valence-corrected chi connectivity index (χ1v) is 8.01. The Kier molecular flexibility index (Phi) is 3.73. The first-order valence-electron chi connectivity index (χ1n) is 6.46. The Morgan fingerprint density at radius 2 is 2.05 bits per heavy atom. The van der Waals surface area contributed by atoms with Crippen LogP contribution in [0.15, 0.2) is 23.1 Å². The number of primary sulfonamides is 1. The standard InChI is InChI=1S/C13H21N3O2S/c1-9(2)10-5-6-16(8-10)11-3-4-13(12(14)7-11)19(15,17)18/h3-4,7,9-10H,5-6,8,14H2,1-2H3,(H2,15,17,18). The third-order valence-electron chi connectivity index (χ3n) is 3.83. The van der Waals surface area contributed by atoms with Crippen LogP contribution in [0.3, 0.4) is 0 Å². The van der Waals surface area contributed by atoms with Crippen molar-refractivity contribution in [2.45, 2.75) is 25.2 Å². The van der Waals surface area contributed by atoms with Gasteiger partial charge in [-0.25, -0.2) is 13.6 Å². The van der Waals surface area contributed by atoms with E-state index in [0.717, 1.165) is 25.2 Å². The Bertz CT molecular complexity index is 569. The van der Waals surface area contributed by atoms with Gasteiger partial charge < -0.3 is 10.6 Å². The van der Waals surface area contributed by atoms with E-state index in [9.17, 15) is 8.42 Å². The highest BCUT2D eigenvalue weighted by Gasteiger charge is 2.25. The van der Waals surface area contributed by atoms with Crippen LogP contribution in [0.1, 0.15) is 20.3 Å². The zero-order valence-corrected chi connectivity index (χ0v) is 12.2. The molecule has 1 aromatic carbocycles. The van der Waals surface area contributed by atoms with Gasteiger partial charge >= 0.3 is 0 Å². The van der Waals surface area contributed by atoms with Gasteiger partial charge in [0, 0.05) is 18.8 Å². The lowest BCUT2D eigenvalue weighted by atomic mass is 9.95. The van der Waals surface area contributed by atoms with Crippen molar-refractivity contribution in [2.75, 3.05) is 23.7 Å². The fourth-order valence-corrected chi connectivity index (χ4v) is 3.20. The van der Waals surface area contributed by atoms with Gasteiger partial charge in [0.1, 0.15) is 4.90 Å². The largest absolute Gasteiger partial charge is 0.398 e. The van der Waals surface area contributed by atoms with Crippen LogP contribution < -0.4 is 15.8 Å². The van der Waals surface area contributed by atoms with Crippen LogP contribution in [0.2, 0.25) is 0 Å². The summed E-state index contributed by atoms with van der Waals surface area (Å²) < 4.78 is 22.6. The highest BCUT2D eigenvalue weighted by atomic mass is 32.2. The summed E-state index contributed by atoms with van der Waals surface area (Å²) in [6.07, 6.45) is 1.16. The molecular weight excluding hydrogens is 262 g/mol. The number of nitrogens with zero attached hydrogens (tertiary/aromatic N) is 1. The van der Waals surface area contributed by atoms with Gasteiger partial charge in [-0.3, -0.25) is 0 Å². The predicted octanol–water partition coefficient (Wildman–Crippen LogP) is 1.40. The Hall–Kier alpha value is -1.27. The second kappa shape index (κ2) is 5.02. The molecule has 0 spiro atoms. The van der Waals surface area contributed by atoms with Gasteiger partial charge in [0.2, 0.25) is 10.0 Å². The maximum absolute atomic E-state index is 11.3. The first kappa shape index (κ1) is 14.1. The highest BCUT2D eigenvalue weighted by molar-refractivity contribution is 7.89. The zero-order valence-electron chi connectivity index (χ0n) is 11.3. The van der Waals surface area contributed by atoms with Crippen LogP contribution in [-0.2, 0) is 10.0 Å². The molecule has 1 aliphatic heterocycles. The van der Waals surface area contributed by atoms with Gasteiger partial charge in [-0.1, -0.05) is 13.8 Å². The van der Waals surface area contributed by atoms with Crippen molar-refractivity contribution in [3.63, 3.8) is 0 Å². The molecule has 6 heteroatoms. The van der Waals surface area contributed by atoms with Crippen molar-refractivity contribution in [3.8, 4) is 0 Å². The molecule has 0 bridgehead atoms. The van der Waals surface area contributed by atoms with Crippen molar-refractivity contribution < 1.29 is 8.42 Å². The smallest absolute Gasteiger partial charge is 0.240 e. The number of nitrogen functional groups attached to an aromatic ring is 1. The van der Waals surface area contributed by atoms with E-state index in [1.54, 1.807) is 12.1 Å². The van der Waals surface area contributed by atoms with E-state index in [-0.39, 0.29) is 10.6 Å². The summed E-state index contributed by atoms with van der Waals surface area (Å²) in [5, 5.41) is 5.10. The monoisotopic (exact) mass is 283 g/mol. The Morgan fingerprint density at radius 3 is 2.53 bits per heavy atom. The number of rotatable bonds is 3. The van der Waals surface area contributed by atoms with Crippen molar-refractivity contribution in [1.29, 1.82) is 0 Å². The summed E-state index contributed by atoms with van der Waals surface area (Å²) in [5.74, 6) is 1.34. The van der Waals surface area contributed by atoms with Crippen LogP contribution >= 0.6 is 0 Å². The Morgan fingerprint density at radius 1 is 1.37 bits per heavy atom. The number of hydrogen-bond donors (Lipinski definition) is 2. The molecule has 19 heavy (non-hydrogen) atoms.